The normalized spacial score (nSPS) is 17.9. The van der Waals surface area contributed by atoms with E-state index in [0.717, 1.165) is 11.1 Å². The first-order valence-electron chi connectivity index (χ1n) is 6.20. The number of nitrogens with one attached hydrogen (secondary N) is 1. The molecule has 0 atom stereocenters. The third-order valence-corrected chi connectivity index (χ3v) is 2.92. The Morgan fingerprint density at radius 2 is 1.95 bits per heavy atom. The van der Waals surface area contributed by atoms with E-state index in [1.807, 2.05) is 24.3 Å². The minimum absolute atomic E-state index is 0.00655. The van der Waals surface area contributed by atoms with E-state index >= 15 is 0 Å². The van der Waals surface area contributed by atoms with Crippen molar-refractivity contribution in [2.24, 2.45) is 0 Å². The van der Waals surface area contributed by atoms with E-state index < -0.39 is 5.91 Å². The highest BCUT2D eigenvalue weighted by Crippen LogP contribution is 2.13. The third-order valence-electron chi connectivity index (χ3n) is 2.92. The van der Waals surface area contributed by atoms with Crippen LogP contribution in [0.4, 0.5) is 0 Å². The van der Waals surface area contributed by atoms with Gasteiger partial charge in [0.05, 0.1) is 18.6 Å². The molecule has 1 fully saturated rings. The molecule has 0 bridgehead atoms. The number of rotatable bonds is 3. The van der Waals surface area contributed by atoms with Crippen LogP contribution < -0.4 is 5.32 Å². The van der Waals surface area contributed by atoms with Crippen LogP contribution >= 0.6 is 0 Å². The van der Waals surface area contributed by atoms with Crippen molar-refractivity contribution in [1.29, 1.82) is 0 Å². The molecule has 1 aromatic rings. The molecule has 0 spiro atoms. The van der Waals surface area contributed by atoms with Gasteiger partial charge in [-0.15, -0.1) is 0 Å². The molecule has 1 saturated heterocycles. The summed E-state index contributed by atoms with van der Waals surface area (Å²) < 4.78 is 0. The second-order valence-electron chi connectivity index (χ2n) is 4.50. The first kappa shape index (κ1) is 14.0. The lowest BCUT2D eigenvalue weighted by Gasteiger charge is -2.15. The fraction of sp³-hybridized carbons (Fsp3) is 0.125. The van der Waals surface area contributed by atoms with Gasteiger partial charge in [-0.1, -0.05) is 43.0 Å². The summed E-state index contributed by atoms with van der Waals surface area (Å²) in [7, 11) is 0. The Morgan fingerprint density at radius 1 is 1.25 bits per heavy atom. The van der Waals surface area contributed by atoms with Crippen molar-refractivity contribution in [3.05, 3.63) is 65.4 Å². The van der Waals surface area contributed by atoms with E-state index in [1.54, 1.807) is 12.2 Å². The van der Waals surface area contributed by atoms with Crippen molar-refractivity contribution in [2.45, 2.75) is 13.0 Å². The van der Waals surface area contributed by atoms with Gasteiger partial charge in [-0.3, -0.25) is 9.59 Å². The zero-order chi connectivity index (χ0) is 14.5. The number of aliphatic hydroxyl groups excluding tert-OH is 1. The molecular weight excluding hydrogens is 254 g/mol. The molecule has 0 aromatic heterocycles. The van der Waals surface area contributed by atoms with E-state index in [2.05, 4.69) is 11.9 Å². The Hall–Kier alpha value is -2.46. The zero-order valence-corrected chi connectivity index (χ0v) is 10.9. The highest BCUT2D eigenvalue weighted by Gasteiger charge is 2.24. The number of allylic oxidation sites excluding steroid dienone is 3. The second kappa shape index (κ2) is 6.12. The molecule has 20 heavy (non-hydrogen) atoms. The smallest absolute Gasteiger partial charge is 0.259 e. The Kier molecular flexibility index (Phi) is 4.27. The predicted molar refractivity (Wildman–Crippen MR) is 76.4 cm³/mol. The predicted octanol–water partition coefficient (Wildman–Crippen LogP) is 1.72. The van der Waals surface area contributed by atoms with Crippen molar-refractivity contribution < 1.29 is 14.7 Å². The van der Waals surface area contributed by atoms with E-state index in [9.17, 15) is 9.59 Å². The van der Waals surface area contributed by atoms with Gasteiger partial charge in [0, 0.05) is 5.70 Å². The molecule has 1 aliphatic rings. The Morgan fingerprint density at radius 3 is 2.55 bits per heavy atom. The minimum atomic E-state index is -0.411. The molecule has 0 aliphatic carbocycles. The van der Waals surface area contributed by atoms with Gasteiger partial charge in [0.2, 0.25) is 0 Å². The molecule has 102 valence electrons. The SMILES string of the molecule is C=C1CC(=O)/C(=C\C=C\c2ccc(CO)cc2)C(=O)N1. The van der Waals surface area contributed by atoms with E-state index in [4.69, 9.17) is 5.11 Å². The molecule has 1 amide bonds. The summed E-state index contributed by atoms with van der Waals surface area (Å²) in [6, 6.07) is 7.33. The first-order chi connectivity index (χ1) is 9.60. The fourth-order valence-electron chi connectivity index (χ4n) is 1.85. The van der Waals surface area contributed by atoms with Crippen molar-refractivity contribution in [3.63, 3.8) is 0 Å². The molecular formula is C16H15NO3. The van der Waals surface area contributed by atoms with Gasteiger partial charge in [0.15, 0.2) is 5.78 Å². The number of hydrogen-bond acceptors (Lipinski definition) is 3. The van der Waals surface area contributed by atoms with Crippen LogP contribution in [0.5, 0.6) is 0 Å². The molecule has 1 aromatic carbocycles. The summed E-state index contributed by atoms with van der Waals surface area (Å²) in [5.41, 5.74) is 2.33. The van der Waals surface area contributed by atoms with Crippen molar-refractivity contribution in [3.8, 4) is 0 Å². The van der Waals surface area contributed by atoms with E-state index in [-0.39, 0.29) is 24.4 Å². The van der Waals surface area contributed by atoms with Crippen LogP contribution in [0.3, 0.4) is 0 Å². The highest BCUT2D eigenvalue weighted by molar-refractivity contribution is 6.22. The number of carbonyl (C=O) groups excluding carboxylic acids is 2. The summed E-state index contributed by atoms with van der Waals surface area (Å²) in [6.45, 7) is 3.58. The summed E-state index contributed by atoms with van der Waals surface area (Å²) in [5.74, 6) is -0.634. The van der Waals surface area contributed by atoms with Crippen LogP contribution in [0.2, 0.25) is 0 Å². The molecule has 0 saturated carbocycles. The molecule has 4 heteroatoms. The average Bonchev–Trinajstić information content (AvgIpc) is 2.42. The summed E-state index contributed by atoms with van der Waals surface area (Å²) in [4.78, 5) is 23.3. The first-order valence-corrected chi connectivity index (χ1v) is 6.20. The van der Waals surface area contributed by atoms with Gasteiger partial charge < -0.3 is 10.4 Å². The van der Waals surface area contributed by atoms with Crippen LogP contribution in [-0.4, -0.2) is 16.8 Å². The van der Waals surface area contributed by atoms with E-state index in [1.165, 1.54) is 6.08 Å². The number of piperidine rings is 1. The Bertz CT molecular complexity index is 587. The minimum Gasteiger partial charge on any atom is -0.392 e. The van der Waals surface area contributed by atoms with Crippen molar-refractivity contribution in [2.75, 3.05) is 0 Å². The standard InChI is InChI=1S/C16H15NO3/c1-11-9-15(19)14(16(20)17-11)4-2-3-12-5-7-13(10-18)8-6-12/h2-8,18H,1,9-10H2,(H,17,20)/b3-2+,14-4+. The van der Waals surface area contributed by atoms with Gasteiger partial charge >= 0.3 is 0 Å². The van der Waals surface area contributed by atoms with E-state index in [0.29, 0.717) is 5.70 Å². The van der Waals surface area contributed by atoms with Crippen LogP contribution in [0, 0.1) is 0 Å². The number of aliphatic hydroxyl groups is 1. The maximum absolute atomic E-state index is 11.7. The third kappa shape index (κ3) is 3.30. The van der Waals surface area contributed by atoms with Gasteiger partial charge in [0.25, 0.3) is 5.91 Å². The monoisotopic (exact) mass is 269 g/mol. The van der Waals surface area contributed by atoms with Crippen molar-refractivity contribution >= 4 is 17.8 Å². The summed E-state index contributed by atoms with van der Waals surface area (Å²) >= 11 is 0. The van der Waals surface area contributed by atoms with Crippen LogP contribution in [0.1, 0.15) is 17.5 Å². The molecule has 2 N–H and O–H groups in total. The maximum atomic E-state index is 11.7. The Labute approximate surface area is 117 Å². The number of ketones is 1. The topological polar surface area (TPSA) is 66.4 Å². The lowest BCUT2D eigenvalue weighted by atomic mass is 10.0. The molecule has 4 nitrogen and oxygen atoms in total. The lowest BCUT2D eigenvalue weighted by Crippen LogP contribution is -2.34. The number of hydrogen-bond donors (Lipinski definition) is 2. The molecule has 0 unspecified atom stereocenters. The van der Waals surface area contributed by atoms with Gasteiger partial charge in [0.1, 0.15) is 0 Å². The van der Waals surface area contributed by atoms with Gasteiger partial charge in [-0.2, -0.15) is 0 Å². The fourth-order valence-corrected chi connectivity index (χ4v) is 1.85. The molecule has 0 radical (unpaired) electrons. The van der Waals surface area contributed by atoms with Crippen LogP contribution in [-0.2, 0) is 16.2 Å². The summed E-state index contributed by atoms with van der Waals surface area (Å²) in [6.07, 6.45) is 5.10. The number of amides is 1. The van der Waals surface area contributed by atoms with Crippen molar-refractivity contribution in [1.82, 2.24) is 5.32 Å². The number of carbonyl (C=O) groups is 2. The molecule has 1 heterocycles. The quantitative estimate of drug-likeness (QED) is 0.648. The summed E-state index contributed by atoms with van der Waals surface area (Å²) in [5, 5.41) is 11.5. The van der Waals surface area contributed by atoms with Crippen LogP contribution in [0.15, 0.2) is 54.3 Å². The number of benzene rings is 1. The van der Waals surface area contributed by atoms with Crippen LogP contribution in [0.25, 0.3) is 6.08 Å². The number of Topliss-reactive ketones (excluding diaryl/α,β-unsaturated/α-hetero) is 1. The highest BCUT2D eigenvalue weighted by atomic mass is 16.3. The zero-order valence-electron chi connectivity index (χ0n) is 10.9. The van der Waals surface area contributed by atoms with Gasteiger partial charge in [-0.25, -0.2) is 0 Å². The Balaban J connectivity index is 2.10. The maximum Gasteiger partial charge on any atom is 0.259 e. The molecule has 1 aliphatic heterocycles. The second-order valence-corrected chi connectivity index (χ2v) is 4.50. The lowest BCUT2D eigenvalue weighted by molar-refractivity contribution is -0.123. The largest absolute Gasteiger partial charge is 0.392 e. The average molecular weight is 269 g/mol. The van der Waals surface area contributed by atoms with Gasteiger partial charge in [-0.05, 0) is 17.2 Å². The molecule has 2 rings (SSSR count).